The highest BCUT2D eigenvalue weighted by Gasteiger charge is 2.46. The molecule has 2 unspecified atom stereocenters. The number of hydrogen-bond acceptors (Lipinski definition) is 15. The highest BCUT2D eigenvalue weighted by molar-refractivity contribution is 5.94. The van der Waals surface area contributed by atoms with Crippen LogP contribution in [0.1, 0.15) is 61.9 Å². The van der Waals surface area contributed by atoms with Gasteiger partial charge >= 0.3 is 5.97 Å². The van der Waals surface area contributed by atoms with Crippen molar-refractivity contribution in [1.82, 2.24) is 46.9 Å². The van der Waals surface area contributed by atoms with Crippen LogP contribution in [-0.4, -0.2) is 158 Å². The average Bonchev–Trinajstić information content (AvgIpc) is 3.75. The summed E-state index contributed by atoms with van der Waals surface area (Å²) in [5, 5.41) is 67.6. The Morgan fingerprint density at radius 3 is 2.34 bits per heavy atom. The highest BCUT2D eigenvalue weighted by atomic mass is 16.5. The fourth-order valence-corrected chi connectivity index (χ4v) is 6.77. The molecule has 27 heteroatoms. The summed E-state index contributed by atoms with van der Waals surface area (Å²) in [6.45, 7) is -1.55. The van der Waals surface area contributed by atoms with Gasteiger partial charge in [-0.1, -0.05) is 40.7 Å². The Bertz CT molecular complexity index is 2030. The second-order valence-electron chi connectivity index (χ2n) is 14.9. The Kier molecular flexibility index (Phi) is 19.1. The first-order chi connectivity index (χ1) is 30.6. The summed E-state index contributed by atoms with van der Waals surface area (Å²) < 4.78 is 6.78. The van der Waals surface area contributed by atoms with Crippen LogP contribution in [0.3, 0.4) is 0 Å². The number of amides is 6. The van der Waals surface area contributed by atoms with E-state index in [4.69, 9.17) is 21.7 Å². The molecule has 0 spiro atoms. The molecule has 2 bridgehead atoms. The minimum absolute atomic E-state index is 0.00428. The molecule has 1 aromatic heterocycles. The largest absolute Gasteiger partial charge is 0.481 e. The van der Waals surface area contributed by atoms with E-state index in [0.717, 1.165) is 5.56 Å². The molecule has 0 saturated carbocycles. The summed E-state index contributed by atoms with van der Waals surface area (Å²) >= 11 is 0. The van der Waals surface area contributed by atoms with Crippen LogP contribution < -0.4 is 43.4 Å². The van der Waals surface area contributed by atoms with E-state index in [9.17, 15) is 54.0 Å². The summed E-state index contributed by atoms with van der Waals surface area (Å²) in [7, 11) is 0. The van der Waals surface area contributed by atoms with Crippen LogP contribution >= 0.6 is 0 Å². The number of nitrogens with one attached hydrogen (secondary N) is 6. The van der Waals surface area contributed by atoms with Crippen LogP contribution in [0.4, 0.5) is 0 Å². The number of carboxylic acid groups (broad SMARTS) is 1. The van der Waals surface area contributed by atoms with Gasteiger partial charge in [0.2, 0.25) is 29.5 Å². The number of fused-ring (bicyclic) bond motifs is 2. The van der Waals surface area contributed by atoms with Crippen LogP contribution in [0.15, 0.2) is 46.6 Å². The maximum Gasteiger partial charge on any atom is 0.305 e. The second-order valence-corrected chi connectivity index (χ2v) is 14.9. The van der Waals surface area contributed by atoms with Gasteiger partial charge < -0.3 is 68.5 Å². The van der Waals surface area contributed by atoms with Gasteiger partial charge in [0.15, 0.2) is 12.1 Å². The molecule has 3 heterocycles. The third-order valence-corrected chi connectivity index (χ3v) is 10.1. The number of azide groups is 1. The molecule has 2 aliphatic rings. The Morgan fingerprint density at radius 1 is 0.906 bits per heavy atom. The molecule has 64 heavy (non-hydrogen) atoms. The molecule has 1 aromatic carbocycles. The predicted molar refractivity (Wildman–Crippen MR) is 220 cm³/mol. The Hall–Kier alpha value is -6.93. The molecular formula is C37H53N15O12. The van der Waals surface area contributed by atoms with Crippen LogP contribution in [0.25, 0.3) is 10.4 Å². The lowest BCUT2D eigenvalue weighted by atomic mass is 9.94. The van der Waals surface area contributed by atoms with Gasteiger partial charge in [-0.3, -0.25) is 38.6 Å². The van der Waals surface area contributed by atoms with Crippen LogP contribution in [0.2, 0.25) is 0 Å². The fourth-order valence-electron chi connectivity index (χ4n) is 6.77. The number of nitrogens with zero attached hydrogens (tertiary/aromatic N) is 7. The Morgan fingerprint density at radius 2 is 1.64 bits per heavy atom. The maximum absolute atomic E-state index is 14.1. The molecule has 2 aliphatic heterocycles. The topological polar surface area (TPSA) is 426 Å². The molecule has 14 N–H and O–H groups in total. The predicted octanol–water partition coefficient (Wildman–Crippen LogP) is -4.59. The lowest BCUT2D eigenvalue weighted by Gasteiger charge is -2.39. The van der Waals surface area contributed by atoms with Crippen molar-refractivity contribution in [1.29, 1.82) is 0 Å². The van der Waals surface area contributed by atoms with Crippen LogP contribution in [0, 0.1) is 0 Å². The Labute approximate surface area is 364 Å². The summed E-state index contributed by atoms with van der Waals surface area (Å²) in [4.78, 5) is 97.3. The minimum Gasteiger partial charge on any atom is -0.481 e. The monoisotopic (exact) mass is 899 g/mol. The third-order valence-electron chi connectivity index (χ3n) is 10.1. The summed E-state index contributed by atoms with van der Waals surface area (Å²) in [5.41, 5.74) is 20.2. The quantitative estimate of drug-likeness (QED) is 0.0167. The van der Waals surface area contributed by atoms with E-state index < -0.39 is 116 Å². The molecule has 0 aliphatic carbocycles. The number of carbonyl (C=O) groups is 7. The smallest absolute Gasteiger partial charge is 0.305 e. The zero-order chi connectivity index (χ0) is 46.8. The molecule has 1 saturated heterocycles. The van der Waals surface area contributed by atoms with Gasteiger partial charge in [-0.15, -0.1) is 5.10 Å². The normalized spacial score (nSPS) is 25.3. The van der Waals surface area contributed by atoms with Gasteiger partial charge in [-0.05, 0) is 49.6 Å². The molecule has 27 nitrogen and oxygen atoms in total. The van der Waals surface area contributed by atoms with Gasteiger partial charge in [0.05, 0.1) is 25.2 Å². The van der Waals surface area contributed by atoms with Gasteiger partial charge in [0.25, 0.3) is 5.91 Å². The van der Waals surface area contributed by atoms with Crippen molar-refractivity contribution in [3.05, 3.63) is 58.2 Å². The number of carboxylic acids is 1. The number of aliphatic hydroxyl groups excluding tert-OH is 3. The summed E-state index contributed by atoms with van der Waals surface area (Å²) in [6.07, 6.45) is -6.84. The van der Waals surface area contributed by atoms with Gasteiger partial charge in [-0.25, -0.2) is 4.68 Å². The number of aliphatic hydroxyl groups is 3. The molecule has 348 valence electrons. The SMILES string of the molecule is [N-]=[N+]=NCC(=O)NC[C@H]1OC(C(=O)NCCCC[C@H]2C(=O)N[C@@H](CCCN=C(N)N)C(=O)NCC(=O)N[C@@H](CC(=O)O)C(=O)N[C@@H](Cc3ccccc3)c3cn2nn3)[C@@H](O)C(O)[C@H]1O. The first-order valence-electron chi connectivity index (χ1n) is 20.2. The molecule has 6 amide bonds. The maximum atomic E-state index is 14.1. The number of hydrogen-bond donors (Lipinski definition) is 12. The number of aromatic nitrogens is 3. The van der Waals surface area contributed by atoms with Crippen molar-refractivity contribution in [2.75, 3.05) is 32.7 Å². The van der Waals surface area contributed by atoms with Crippen molar-refractivity contribution in [2.24, 2.45) is 21.6 Å². The van der Waals surface area contributed by atoms with E-state index in [1.807, 2.05) is 0 Å². The highest BCUT2D eigenvalue weighted by Crippen LogP contribution is 2.23. The molecule has 4 rings (SSSR count). The number of rotatable bonds is 18. The van der Waals surface area contributed by atoms with E-state index in [1.54, 1.807) is 30.3 Å². The van der Waals surface area contributed by atoms with Crippen molar-refractivity contribution in [3.8, 4) is 0 Å². The molecule has 0 radical (unpaired) electrons. The van der Waals surface area contributed by atoms with E-state index in [2.05, 4.69) is 57.2 Å². The molecular weight excluding hydrogens is 846 g/mol. The van der Waals surface area contributed by atoms with Crippen LogP contribution in [-0.2, 0) is 44.7 Å². The second kappa shape index (κ2) is 24.6. The number of ether oxygens (including phenoxy) is 1. The van der Waals surface area contributed by atoms with E-state index in [1.165, 1.54) is 10.9 Å². The van der Waals surface area contributed by atoms with Crippen LogP contribution in [0.5, 0.6) is 0 Å². The number of nitrogens with two attached hydrogens (primary N) is 2. The molecule has 2 aromatic rings. The first-order valence-corrected chi connectivity index (χ1v) is 20.2. The third kappa shape index (κ3) is 15.2. The number of guanidine groups is 1. The fraction of sp³-hybridized carbons (Fsp3) is 0.568. The van der Waals surface area contributed by atoms with Gasteiger partial charge in [0.1, 0.15) is 54.8 Å². The first kappa shape index (κ1) is 49.7. The van der Waals surface area contributed by atoms with E-state index >= 15 is 0 Å². The van der Waals surface area contributed by atoms with Crippen molar-refractivity contribution in [3.63, 3.8) is 0 Å². The molecule has 1 fully saturated rings. The zero-order valence-electron chi connectivity index (χ0n) is 34.5. The standard InChI is InChI=1S/C37H53N15O12/c38-37(39)42-12-6-9-20-33(60)44-16-27(54)46-22(14-28(55)56)34(61)48-21(13-19-7-2-1-3-8-19)23-18-52(51-49-23)24(35(62)47-20)10-4-5-11-41-36(63)32-31(59)30(58)29(57)25(64-32)15-43-26(53)17-45-50-40/h1-3,7-8,18,20-22,24-25,29-32,57-59H,4-6,9-17H2,(H,41,63)(H,43,53)(H,44,60)(H,46,54)(H,47,62)(H,48,61)(H,55,56)(H4,38,39,42)/t20-,21-,22-,24-,25+,29-,30?,31-,32?/m0/s1. The van der Waals surface area contributed by atoms with Gasteiger partial charge in [-0.2, -0.15) is 0 Å². The zero-order valence-corrected chi connectivity index (χ0v) is 34.5. The average molecular weight is 900 g/mol. The number of benzene rings is 1. The van der Waals surface area contributed by atoms with E-state index in [-0.39, 0.29) is 69.8 Å². The Balaban J connectivity index is 1.55. The van der Waals surface area contributed by atoms with Crippen molar-refractivity contribution >= 4 is 47.4 Å². The van der Waals surface area contributed by atoms with E-state index in [0.29, 0.717) is 0 Å². The minimum atomic E-state index is -1.84. The number of aliphatic carboxylic acids is 1. The number of unbranched alkanes of at least 4 members (excludes halogenated alkanes) is 1. The lowest BCUT2D eigenvalue weighted by Crippen LogP contribution is -2.63. The summed E-state index contributed by atoms with van der Waals surface area (Å²) in [5.74, 6) is -6.37. The molecule has 9 atom stereocenters. The number of carbonyl (C=O) groups excluding carboxylic acids is 6. The van der Waals surface area contributed by atoms with Gasteiger partial charge in [0, 0.05) is 24.5 Å². The lowest BCUT2D eigenvalue weighted by molar-refractivity contribution is -0.219. The van der Waals surface area contributed by atoms with Crippen molar-refractivity contribution in [2.45, 2.75) is 99.6 Å². The number of aliphatic imine (C=N–C) groups is 1. The summed E-state index contributed by atoms with van der Waals surface area (Å²) in [6, 6.07) is 4.04. The van der Waals surface area contributed by atoms with Crippen molar-refractivity contribution < 1.29 is 58.7 Å².